The van der Waals surface area contributed by atoms with Gasteiger partial charge in [0.15, 0.2) is 0 Å². The third-order valence-electron chi connectivity index (χ3n) is 4.52. The molecule has 0 saturated heterocycles. The maximum Gasteiger partial charge on any atom is 0.335 e. The molecule has 2 aromatic heterocycles. The molecule has 148 valence electrons. The van der Waals surface area contributed by atoms with Crippen LogP contribution < -0.4 is 10.6 Å². The molecule has 1 aromatic carbocycles. The molecule has 0 aliphatic rings. The van der Waals surface area contributed by atoms with Crippen LogP contribution in [0.15, 0.2) is 36.7 Å². The Bertz CT molecular complexity index is 997. The molecule has 3 aromatic rings. The van der Waals surface area contributed by atoms with Crippen molar-refractivity contribution >= 4 is 28.8 Å². The van der Waals surface area contributed by atoms with E-state index in [0.29, 0.717) is 23.9 Å². The number of pyridine rings is 1. The van der Waals surface area contributed by atoms with E-state index in [1.807, 2.05) is 23.6 Å². The number of fused-ring (bicyclic) bond motifs is 1. The zero-order chi connectivity index (χ0) is 20.3. The molecule has 0 aliphatic carbocycles. The molecule has 0 fully saturated rings. The number of rotatable bonds is 8. The van der Waals surface area contributed by atoms with Gasteiger partial charge in [0, 0.05) is 36.4 Å². The highest BCUT2D eigenvalue weighted by atomic mass is 35.5. The van der Waals surface area contributed by atoms with Crippen molar-refractivity contribution in [2.24, 2.45) is 5.92 Å². The Hall–Kier alpha value is -2.57. The Morgan fingerprint density at radius 3 is 2.71 bits per heavy atom. The van der Waals surface area contributed by atoms with Gasteiger partial charge in [0.1, 0.15) is 5.82 Å². The topological polar surface area (TPSA) is 78.7 Å². The highest BCUT2D eigenvalue weighted by Gasteiger charge is 2.14. The number of carboxylic acid groups (broad SMARTS) is 1. The second-order valence-corrected chi connectivity index (χ2v) is 7.71. The summed E-state index contributed by atoms with van der Waals surface area (Å²) in [7, 11) is 1.91. The number of halogens is 1. The SMILES string of the molecule is CNCc1cc(Cl)cc(Cc2ncc3cc(C(=O)O)ccn23)c1NCC(C)C. The summed E-state index contributed by atoms with van der Waals surface area (Å²) >= 11 is 6.39. The lowest BCUT2D eigenvalue weighted by atomic mass is 10.0. The van der Waals surface area contributed by atoms with Gasteiger partial charge in [-0.15, -0.1) is 0 Å². The molecular weight excluding hydrogens is 376 g/mol. The summed E-state index contributed by atoms with van der Waals surface area (Å²) in [6.45, 7) is 5.90. The van der Waals surface area contributed by atoms with Crippen LogP contribution in [0.2, 0.25) is 5.02 Å². The number of aromatic carboxylic acids is 1. The van der Waals surface area contributed by atoms with E-state index in [2.05, 4.69) is 29.5 Å². The molecule has 0 spiro atoms. The summed E-state index contributed by atoms with van der Waals surface area (Å²) in [6.07, 6.45) is 4.03. The minimum absolute atomic E-state index is 0.248. The first-order valence-electron chi connectivity index (χ1n) is 9.28. The number of imidazole rings is 1. The van der Waals surface area contributed by atoms with Gasteiger partial charge in [-0.1, -0.05) is 25.4 Å². The first-order valence-corrected chi connectivity index (χ1v) is 9.66. The maximum atomic E-state index is 11.2. The highest BCUT2D eigenvalue weighted by Crippen LogP contribution is 2.29. The van der Waals surface area contributed by atoms with E-state index in [-0.39, 0.29) is 5.56 Å². The highest BCUT2D eigenvalue weighted by molar-refractivity contribution is 6.30. The summed E-state index contributed by atoms with van der Waals surface area (Å²) in [6, 6.07) is 7.16. The molecule has 6 nitrogen and oxygen atoms in total. The molecule has 3 N–H and O–H groups in total. The van der Waals surface area contributed by atoms with Crippen molar-refractivity contribution in [3.05, 3.63) is 64.2 Å². The zero-order valence-electron chi connectivity index (χ0n) is 16.3. The van der Waals surface area contributed by atoms with Crippen LogP contribution in [0.25, 0.3) is 5.52 Å². The standard InChI is InChI=1S/C21H25ClN4O2/c1-13(2)10-25-20-15(6-17(22)7-16(20)11-23-3)9-19-24-12-18-8-14(21(27)28)4-5-26(18)19/h4-8,12-13,23,25H,9-11H2,1-3H3,(H,27,28). The monoisotopic (exact) mass is 400 g/mol. The second kappa shape index (κ2) is 8.63. The Morgan fingerprint density at radius 2 is 2.04 bits per heavy atom. The lowest BCUT2D eigenvalue weighted by molar-refractivity contribution is 0.0697. The van der Waals surface area contributed by atoms with Gasteiger partial charge in [-0.25, -0.2) is 9.78 Å². The fraction of sp³-hybridized carbons (Fsp3) is 0.333. The molecular formula is C21H25ClN4O2. The van der Waals surface area contributed by atoms with Gasteiger partial charge in [-0.3, -0.25) is 0 Å². The van der Waals surface area contributed by atoms with Crippen LogP contribution in [0.1, 0.15) is 41.2 Å². The Kier molecular flexibility index (Phi) is 6.21. The van der Waals surface area contributed by atoms with Gasteiger partial charge in [0.2, 0.25) is 0 Å². The Labute approximate surface area is 169 Å². The molecule has 0 radical (unpaired) electrons. The van der Waals surface area contributed by atoms with Crippen molar-refractivity contribution in [1.82, 2.24) is 14.7 Å². The molecule has 2 heterocycles. The number of anilines is 1. The largest absolute Gasteiger partial charge is 0.478 e. The van der Waals surface area contributed by atoms with Crippen molar-refractivity contribution < 1.29 is 9.90 Å². The van der Waals surface area contributed by atoms with E-state index in [1.54, 1.807) is 24.5 Å². The minimum atomic E-state index is -0.947. The van der Waals surface area contributed by atoms with E-state index < -0.39 is 5.97 Å². The van der Waals surface area contributed by atoms with Crippen LogP contribution in [0.5, 0.6) is 0 Å². The van der Waals surface area contributed by atoms with Gasteiger partial charge in [0.05, 0.1) is 17.3 Å². The average Bonchev–Trinajstić information content (AvgIpc) is 3.03. The van der Waals surface area contributed by atoms with Crippen LogP contribution in [0.4, 0.5) is 5.69 Å². The van der Waals surface area contributed by atoms with Gasteiger partial charge >= 0.3 is 5.97 Å². The molecule has 3 rings (SSSR count). The molecule has 0 bridgehead atoms. The van der Waals surface area contributed by atoms with Crippen LogP contribution in [-0.4, -0.2) is 34.1 Å². The summed E-state index contributed by atoms with van der Waals surface area (Å²) in [4.78, 5) is 15.7. The quantitative estimate of drug-likeness (QED) is 0.531. The Morgan fingerprint density at radius 1 is 1.29 bits per heavy atom. The summed E-state index contributed by atoms with van der Waals surface area (Å²) in [5.41, 5.74) is 4.25. The Balaban J connectivity index is 2.01. The number of nitrogens with one attached hydrogen (secondary N) is 2. The summed E-state index contributed by atoms with van der Waals surface area (Å²) in [5.74, 6) is 0.391. The van der Waals surface area contributed by atoms with Gasteiger partial charge < -0.3 is 20.1 Å². The number of nitrogens with zero attached hydrogens (tertiary/aromatic N) is 2. The molecule has 0 saturated carbocycles. The number of hydrogen-bond donors (Lipinski definition) is 3. The normalized spacial score (nSPS) is 11.3. The molecule has 28 heavy (non-hydrogen) atoms. The molecule has 0 unspecified atom stereocenters. The predicted octanol–water partition coefficient (Wildman–Crippen LogP) is 4.06. The van der Waals surface area contributed by atoms with Gasteiger partial charge in [-0.2, -0.15) is 0 Å². The fourth-order valence-electron chi connectivity index (χ4n) is 3.22. The van der Waals surface area contributed by atoms with Crippen molar-refractivity contribution in [2.45, 2.75) is 26.8 Å². The number of benzene rings is 1. The smallest absolute Gasteiger partial charge is 0.335 e. The average molecular weight is 401 g/mol. The van der Waals surface area contributed by atoms with Crippen molar-refractivity contribution in [3.63, 3.8) is 0 Å². The third-order valence-corrected chi connectivity index (χ3v) is 4.74. The first kappa shape index (κ1) is 20.2. The van der Waals surface area contributed by atoms with Gasteiger partial charge in [-0.05, 0) is 48.4 Å². The maximum absolute atomic E-state index is 11.2. The van der Waals surface area contributed by atoms with Crippen molar-refractivity contribution in [2.75, 3.05) is 18.9 Å². The number of hydrogen-bond acceptors (Lipinski definition) is 4. The van der Waals surface area contributed by atoms with E-state index in [1.165, 1.54) is 0 Å². The second-order valence-electron chi connectivity index (χ2n) is 7.27. The summed E-state index contributed by atoms with van der Waals surface area (Å²) in [5, 5.41) is 16.6. The lowest BCUT2D eigenvalue weighted by Gasteiger charge is -2.19. The van der Waals surface area contributed by atoms with E-state index in [4.69, 9.17) is 11.6 Å². The van der Waals surface area contributed by atoms with Crippen LogP contribution in [0.3, 0.4) is 0 Å². The van der Waals surface area contributed by atoms with Gasteiger partial charge in [0.25, 0.3) is 0 Å². The molecule has 7 heteroatoms. The molecule has 0 atom stereocenters. The summed E-state index contributed by atoms with van der Waals surface area (Å²) < 4.78 is 1.91. The minimum Gasteiger partial charge on any atom is -0.478 e. The fourth-order valence-corrected chi connectivity index (χ4v) is 3.48. The van der Waals surface area contributed by atoms with Crippen LogP contribution in [0, 0.1) is 5.92 Å². The van der Waals surface area contributed by atoms with E-state index in [0.717, 1.165) is 34.7 Å². The van der Waals surface area contributed by atoms with Crippen LogP contribution in [-0.2, 0) is 13.0 Å². The van der Waals surface area contributed by atoms with Crippen molar-refractivity contribution in [3.8, 4) is 0 Å². The third kappa shape index (κ3) is 4.46. The first-order chi connectivity index (χ1) is 13.4. The molecule has 0 aliphatic heterocycles. The van der Waals surface area contributed by atoms with Crippen LogP contribution >= 0.6 is 11.6 Å². The zero-order valence-corrected chi connectivity index (χ0v) is 17.0. The van der Waals surface area contributed by atoms with E-state index in [9.17, 15) is 9.90 Å². The predicted molar refractivity (Wildman–Crippen MR) is 113 cm³/mol. The lowest BCUT2D eigenvalue weighted by Crippen LogP contribution is -2.15. The number of carbonyl (C=O) groups is 1. The molecule has 0 amide bonds. The number of aromatic nitrogens is 2. The van der Waals surface area contributed by atoms with E-state index >= 15 is 0 Å². The van der Waals surface area contributed by atoms with Crippen molar-refractivity contribution in [1.29, 1.82) is 0 Å². The number of carboxylic acids is 1.